The lowest BCUT2D eigenvalue weighted by atomic mass is 9.84. The zero-order valence-electron chi connectivity index (χ0n) is 10.1. The summed E-state index contributed by atoms with van der Waals surface area (Å²) in [4.78, 5) is 0. The Morgan fingerprint density at radius 2 is 2.12 bits per heavy atom. The van der Waals surface area contributed by atoms with Gasteiger partial charge in [-0.05, 0) is 18.9 Å². The van der Waals surface area contributed by atoms with E-state index in [0.29, 0.717) is 6.42 Å². The predicted octanol–water partition coefficient (Wildman–Crippen LogP) is 3.45. The van der Waals surface area contributed by atoms with Gasteiger partial charge in [0.1, 0.15) is 11.4 Å². The fourth-order valence-corrected chi connectivity index (χ4v) is 2.59. The van der Waals surface area contributed by atoms with E-state index in [-0.39, 0.29) is 11.7 Å². The molecule has 0 amide bonds. The highest BCUT2D eigenvalue weighted by Crippen LogP contribution is 2.42. The third kappa shape index (κ3) is 1.94. The molecule has 1 aromatic carbocycles. The van der Waals surface area contributed by atoms with E-state index in [9.17, 15) is 5.11 Å². The average Bonchev–Trinajstić information content (AvgIpc) is 2.29. The van der Waals surface area contributed by atoms with Crippen molar-refractivity contribution in [2.75, 3.05) is 0 Å². The number of fused-ring (bicyclic) bond motifs is 1. The molecule has 0 saturated carbocycles. The second kappa shape index (κ2) is 4.46. The van der Waals surface area contributed by atoms with Gasteiger partial charge in [-0.3, -0.25) is 0 Å². The van der Waals surface area contributed by atoms with Crippen LogP contribution in [0.1, 0.15) is 51.2 Å². The average molecular weight is 220 g/mol. The molecule has 2 unspecified atom stereocenters. The molecule has 1 N–H and O–H groups in total. The summed E-state index contributed by atoms with van der Waals surface area (Å²) >= 11 is 0. The molecular formula is C14H20O2. The molecule has 2 atom stereocenters. The molecule has 1 aliphatic heterocycles. The molecule has 16 heavy (non-hydrogen) atoms. The topological polar surface area (TPSA) is 29.5 Å². The van der Waals surface area contributed by atoms with E-state index < -0.39 is 0 Å². The van der Waals surface area contributed by atoms with Gasteiger partial charge < -0.3 is 9.84 Å². The van der Waals surface area contributed by atoms with Crippen molar-refractivity contribution in [1.82, 2.24) is 0 Å². The normalized spacial score (nSPS) is 28.3. The summed E-state index contributed by atoms with van der Waals surface area (Å²) in [5.74, 6) is 0.858. The first kappa shape index (κ1) is 11.5. The van der Waals surface area contributed by atoms with Gasteiger partial charge >= 0.3 is 0 Å². The van der Waals surface area contributed by atoms with Crippen LogP contribution in [0.15, 0.2) is 24.3 Å². The quantitative estimate of drug-likeness (QED) is 0.845. The predicted molar refractivity (Wildman–Crippen MR) is 64.6 cm³/mol. The maximum atomic E-state index is 10.2. The summed E-state index contributed by atoms with van der Waals surface area (Å²) in [6, 6.07) is 7.82. The van der Waals surface area contributed by atoms with Crippen LogP contribution in [0, 0.1) is 0 Å². The maximum absolute atomic E-state index is 10.2. The zero-order valence-corrected chi connectivity index (χ0v) is 10.1. The second-order valence-corrected chi connectivity index (χ2v) is 4.65. The molecule has 0 saturated heterocycles. The van der Waals surface area contributed by atoms with Gasteiger partial charge in [0.05, 0.1) is 6.10 Å². The number of aliphatic hydroxyl groups is 1. The first-order chi connectivity index (χ1) is 7.71. The van der Waals surface area contributed by atoms with Crippen LogP contribution in [0.3, 0.4) is 0 Å². The molecule has 0 bridgehead atoms. The van der Waals surface area contributed by atoms with Crippen molar-refractivity contribution in [1.29, 1.82) is 0 Å². The zero-order chi connectivity index (χ0) is 11.6. The van der Waals surface area contributed by atoms with Crippen molar-refractivity contribution in [3.05, 3.63) is 29.8 Å². The Morgan fingerprint density at radius 3 is 2.81 bits per heavy atom. The molecular weight excluding hydrogens is 200 g/mol. The van der Waals surface area contributed by atoms with E-state index in [4.69, 9.17) is 4.74 Å². The standard InChI is InChI=1S/C14H20O2/c1-3-9-14(4-2)10-12(15)11-7-5-6-8-13(11)16-14/h5-8,12,15H,3-4,9-10H2,1-2H3. The number of rotatable bonds is 3. The summed E-state index contributed by atoms with van der Waals surface area (Å²) < 4.78 is 6.12. The molecule has 88 valence electrons. The Balaban J connectivity index is 2.32. The highest BCUT2D eigenvalue weighted by Gasteiger charge is 2.38. The highest BCUT2D eigenvalue weighted by molar-refractivity contribution is 5.37. The number of ether oxygens (including phenoxy) is 1. The van der Waals surface area contributed by atoms with Gasteiger partial charge in [0, 0.05) is 12.0 Å². The monoisotopic (exact) mass is 220 g/mol. The van der Waals surface area contributed by atoms with Gasteiger partial charge in [0.15, 0.2) is 0 Å². The van der Waals surface area contributed by atoms with Gasteiger partial charge in [-0.2, -0.15) is 0 Å². The molecule has 0 spiro atoms. The summed E-state index contributed by atoms with van der Waals surface area (Å²) in [6.45, 7) is 4.30. The van der Waals surface area contributed by atoms with Crippen LogP contribution in [-0.2, 0) is 0 Å². The molecule has 2 heteroatoms. The number of hydrogen-bond acceptors (Lipinski definition) is 2. The van der Waals surface area contributed by atoms with Crippen molar-refractivity contribution in [3.63, 3.8) is 0 Å². The van der Waals surface area contributed by atoms with Gasteiger partial charge in [-0.15, -0.1) is 0 Å². The highest BCUT2D eigenvalue weighted by atomic mass is 16.5. The third-order valence-corrected chi connectivity index (χ3v) is 3.52. The number of para-hydroxylation sites is 1. The van der Waals surface area contributed by atoms with Crippen molar-refractivity contribution in [2.24, 2.45) is 0 Å². The van der Waals surface area contributed by atoms with Crippen molar-refractivity contribution in [2.45, 2.75) is 51.2 Å². The number of aliphatic hydroxyl groups excluding tert-OH is 1. The Bertz CT molecular complexity index is 362. The van der Waals surface area contributed by atoms with E-state index in [1.807, 2.05) is 24.3 Å². The lowest BCUT2D eigenvalue weighted by Crippen LogP contribution is -2.40. The summed E-state index contributed by atoms with van der Waals surface area (Å²) in [5, 5.41) is 10.2. The minimum Gasteiger partial charge on any atom is -0.487 e. The molecule has 1 aliphatic rings. The Morgan fingerprint density at radius 1 is 1.38 bits per heavy atom. The smallest absolute Gasteiger partial charge is 0.125 e. The minimum absolute atomic E-state index is 0.164. The van der Waals surface area contributed by atoms with Crippen molar-refractivity contribution < 1.29 is 9.84 Å². The van der Waals surface area contributed by atoms with Crippen LogP contribution >= 0.6 is 0 Å². The summed E-state index contributed by atoms with van der Waals surface area (Å²) in [6.07, 6.45) is 3.38. The molecule has 0 fully saturated rings. The number of benzene rings is 1. The molecule has 1 heterocycles. The lowest BCUT2D eigenvalue weighted by molar-refractivity contribution is -0.0231. The molecule has 2 rings (SSSR count). The van der Waals surface area contributed by atoms with Crippen LogP contribution in [0.25, 0.3) is 0 Å². The second-order valence-electron chi connectivity index (χ2n) is 4.65. The third-order valence-electron chi connectivity index (χ3n) is 3.52. The van der Waals surface area contributed by atoms with Gasteiger partial charge in [0.25, 0.3) is 0 Å². The summed E-state index contributed by atoms with van der Waals surface area (Å²) in [7, 11) is 0. The van der Waals surface area contributed by atoms with Gasteiger partial charge in [0.2, 0.25) is 0 Å². The molecule has 0 aromatic heterocycles. The van der Waals surface area contributed by atoms with Crippen LogP contribution in [0.2, 0.25) is 0 Å². The maximum Gasteiger partial charge on any atom is 0.125 e. The first-order valence-electron chi connectivity index (χ1n) is 6.17. The fourth-order valence-electron chi connectivity index (χ4n) is 2.59. The van der Waals surface area contributed by atoms with Crippen LogP contribution in [0.4, 0.5) is 0 Å². The Hall–Kier alpha value is -1.02. The molecule has 0 radical (unpaired) electrons. The molecule has 2 nitrogen and oxygen atoms in total. The van der Waals surface area contributed by atoms with Crippen LogP contribution in [0.5, 0.6) is 5.75 Å². The summed E-state index contributed by atoms with van der Waals surface area (Å²) in [5.41, 5.74) is 0.769. The van der Waals surface area contributed by atoms with Gasteiger partial charge in [-0.1, -0.05) is 38.5 Å². The van der Waals surface area contributed by atoms with E-state index in [2.05, 4.69) is 13.8 Å². The van der Waals surface area contributed by atoms with E-state index in [0.717, 1.165) is 30.6 Å². The van der Waals surface area contributed by atoms with Crippen LogP contribution < -0.4 is 4.74 Å². The number of hydrogen-bond donors (Lipinski definition) is 1. The van der Waals surface area contributed by atoms with Crippen molar-refractivity contribution >= 4 is 0 Å². The van der Waals surface area contributed by atoms with Gasteiger partial charge in [-0.25, -0.2) is 0 Å². The van der Waals surface area contributed by atoms with Crippen LogP contribution in [-0.4, -0.2) is 10.7 Å². The molecule has 1 aromatic rings. The van der Waals surface area contributed by atoms with E-state index in [1.165, 1.54) is 0 Å². The van der Waals surface area contributed by atoms with Crippen molar-refractivity contribution in [3.8, 4) is 5.75 Å². The SMILES string of the molecule is CCCC1(CC)CC(O)c2ccccc2O1. The minimum atomic E-state index is -0.378. The largest absolute Gasteiger partial charge is 0.487 e. The Kier molecular flexibility index (Phi) is 3.20. The van der Waals surface area contributed by atoms with E-state index in [1.54, 1.807) is 0 Å². The first-order valence-corrected chi connectivity index (χ1v) is 6.17. The molecule has 0 aliphatic carbocycles. The van der Waals surface area contributed by atoms with E-state index >= 15 is 0 Å². The lowest BCUT2D eigenvalue weighted by Gasteiger charge is -2.40. The Labute approximate surface area is 97.3 Å². The fraction of sp³-hybridized carbons (Fsp3) is 0.571.